The highest BCUT2D eigenvalue weighted by atomic mass is 19.3. The van der Waals surface area contributed by atoms with Gasteiger partial charge in [-0.25, -0.2) is 4.39 Å². The van der Waals surface area contributed by atoms with Gasteiger partial charge in [0.1, 0.15) is 0 Å². The van der Waals surface area contributed by atoms with Crippen molar-refractivity contribution >= 4 is 5.69 Å². The first-order valence-corrected chi connectivity index (χ1v) is 6.03. The topological polar surface area (TPSA) is 21.3 Å². The number of nitrogens with one attached hydrogen (secondary N) is 1. The van der Waals surface area contributed by atoms with E-state index < -0.39 is 18.2 Å². The average Bonchev–Trinajstić information content (AvgIpc) is 2.29. The molecule has 1 atom stereocenters. The summed E-state index contributed by atoms with van der Waals surface area (Å²) >= 11 is 0. The molecule has 0 aliphatic carbocycles. The van der Waals surface area contributed by atoms with E-state index in [1.807, 2.05) is 6.92 Å². The average molecular weight is 261 g/mol. The molecule has 0 spiro atoms. The molecule has 1 aromatic rings. The highest BCUT2D eigenvalue weighted by Crippen LogP contribution is 2.23. The minimum absolute atomic E-state index is 0.214. The van der Waals surface area contributed by atoms with Crippen LogP contribution in [0.2, 0.25) is 0 Å². The number of ether oxygens (including phenoxy) is 1. The van der Waals surface area contributed by atoms with E-state index in [0.29, 0.717) is 5.69 Å². The van der Waals surface area contributed by atoms with Gasteiger partial charge in [-0.2, -0.15) is 8.78 Å². The van der Waals surface area contributed by atoms with Gasteiger partial charge in [-0.1, -0.05) is 19.8 Å². The van der Waals surface area contributed by atoms with Crippen LogP contribution in [0, 0.1) is 5.82 Å². The highest BCUT2D eigenvalue weighted by molar-refractivity contribution is 5.47. The Labute approximate surface area is 105 Å². The summed E-state index contributed by atoms with van der Waals surface area (Å²) < 4.78 is 41.3. The lowest BCUT2D eigenvalue weighted by Crippen LogP contribution is -2.15. The maximum Gasteiger partial charge on any atom is 0.387 e. The molecule has 1 unspecified atom stereocenters. The lowest BCUT2D eigenvalue weighted by atomic mass is 10.1. The van der Waals surface area contributed by atoms with Crippen LogP contribution in [0.3, 0.4) is 0 Å². The SMILES string of the molecule is CCCCC(C)Nc1ccc(OC(F)F)c(F)c1. The van der Waals surface area contributed by atoms with Gasteiger partial charge in [0, 0.05) is 17.8 Å². The van der Waals surface area contributed by atoms with Crippen LogP contribution in [0.15, 0.2) is 18.2 Å². The van der Waals surface area contributed by atoms with E-state index in [4.69, 9.17) is 0 Å². The predicted octanol–water partition coefficient (Wildman–Crippen LogP) is 4.42. The van der Waals surface area contributed by atoms with Crippen LogP contribution in [-0.4, -0.2) is 12.7 Å². The molecule has 1 aromatic carbocycles. The maximum absolute atomic E-state index is 13.4. The monoisotopic (exact) mass is 261 g/mol. The van der Waals surface area contributed by atoms with Crippen molar-refractivity contribution in [3.8, 4) is 5.75 Å². The normalized spacial score (nSPS) is 12.6. The van der Waals surface area contributed by atoms with Crippen molar-refractivity contribution < 1.29 is 17.9 Å². The smallest absolute Gasteiger partial charge is 0.387 e. The fourth-order valence-corrected chi connectivity index (χ4v) is 1.65. The van der Waals surface area contributed by atoms with Crippen molar-refractivity contribution in [2.75, 3.05) is 5.32 Å². The Hall–Kier alpha value is -1.39. The number of anilines is 1. The number of rotatable bonds is 7. The molecule has 1 N–H and O–H groups in total. The highest BCUT2D eigenvalue weighted by Gasteiger charge is 2.11. The second-order valence-corrected chi connectivity index (χ2v) is 4.21. The Kier molecular flexibility index (Phi) is 5.82. The van der Waals surface area contributed by atoms with E-state index in [-0.39, 0.29) is 6.04 Å². The van der Waals surface area contributed by atoms with Gasteiger partial charge < -0.3 is 10.1 Å². The fraction of sp³-hybridized carbons (Fsp3) is 0.538. The van der Waals surface area contributed by atoms with Gasteiger partial charge in [0.2, 0.25) is 0 Å². The van der Waals surface area contributed by atoms with Crippen LogP contribution in [0.4, 0.5) is 18.9 Å². The molecule has 2 nitrogen and oxygen atoms in total. The van der Waals surface area contributed by atoms with Gasteiger partial charge >= 0.3 is 6.61 Å². The summed E-state index contributed by atoms with van der Waals surface area (Å²) in [6, 6.07) is 4.12. The first kappa shape index (κ1) is 14.7. The summed E-state index contributed by atoms with van der Waals surface area (Å²) in [5.41, 5.74) is 0.567. The standard InChI is InChI=1S/C13H18F3NO/c1-3-4-5-9(2)17-10-6-7-12(11(14)8-10)18-13(15)16/h6-9,13,17H,3-5H2,1-2H3. The van der Waals surface area contributed by atoms with Crippen LogP contribution in [0.1, 0.15) is 33.1 Å². The molecule has 0 aliphatic rings. The number of halogens is 3. The van der Waals surface area contributed by atoms with Crippen molar-refractivity contribution in [2.24, 2.45) is 0 Å². The van der Waals surface area contributed by atoms with Crippen molar-refractivity contribution in [1.29, 1.82) is 0 Å². The largest absolute Gasteiger partial charge is 0.432 e. The Balaban J connectivity index is 2.60. The molecule has 0 amide bonds. The molecule has 0 fully saturated rings. The Morgan fingerprint density at radius 2 is 2.06 bits per heavy atom. The molecular weight excluding hydrogens is 243 g/mol. The minimum atomic E-state index is -3.01. The molecule has 5 heteroatoms. The summed E-state index contributed by atoms with van der Waals surface area (Å²) in [6.07, 6.45) is 3.16. The molecule has 0 heterocycles. The first-order valence-electron chi connectivity index (χ1n) is 6.03. The van der Waals surface area contributed by atoms with Crippen molar-refractivity contribution in [3.05, 3.63) is 24.0 Å². The van der Waals surface area contributed by atoms with Crippen molar-refractivity contribution in [1.82, 2.24) is 0 Å². The number of benzene rings is 1. The van der Waals surface area contributed by atoms with Crippen LogP contribution in [0.5, 0.6) is 5.75 Å². The Morgan fingerprint density at radius 1 is 1.33 bits per heavy atom. The Morgan fingerprint density at radius 3 is 2.61 bits per heavy atom. The van der Waals surface area contributed by atoms with Gasteiger partial charge in [-0.15, -0.1) is 0 Å². The van der Waals surface area contributed by atoms with E-state index >= 15 is 0 Å². The maximum atomic E-state index is 13.4. The molecule has 0 aliphatic heterocycles. The number of unbranched alkanes of at least 4 members (excludes halogenated alkanes) is 1. The number of alkyl halides is 2. The summed E-state index contributed by atoms with van der Waals surface area (Å²) in [4.78, 5) is 0. The first-order chi connectivity index (χ1) is 8.52. The molecule has 102 valence electrons. The fourth-order valence-electron chi connectivity index (χ4n) is 1.65. The molecule has 0 bridgehead atoms. The molecular formula is C13H18F3NO. The van der Waals surface area contributed by atoms with Crippen molar-refractivity contribution in [3.63, 3.8) is 0 Å². The molecule has 0 radical (unpaired) electrons. The molecule has 1 rings (SSSR count). The Bertz CT molecular complexity index is 371. The van der Waals surface area contributed by atoms with E-state index in [2.05, 4.69) is 17.0 Å². The zero-order chi connectivity index (χ0) is 13.5. The van der Waals surface area contributed by atoms with E-state index in [1.165, 1.54) is 18.2 Å². The van der Waals surface area contributed by atoms with Gasteiger partial charge in [-0.05, 0) is 25.5 Å². The van der Waals surface area contributed by atoms with Crippen molar-refractivity contribution in [2.45, 2.75) is 45.8 Å². The van der Waals surface area contributed by atoms with E-state index in [0.717, 1.165) is 19.3 Å². The van der Waals surface area contributed by atoms with Gasteiger partial charge in [0.05, 0.1) is 0 Å². The second kappa shape index (κ2) is 7.13. The zero-order valence-electron chi connectivity index (χ0n) is 10.6. The third-order valence-corrected chi connectivity index (χ3v) is 2.55. The number of hydrogen-bond acceptors (Lipinski definition) is 2. The zero-order valence-corrected chi connectivity index (χ0v) is 10.6. The van der Waals surface area contributed by atoms with Gasteiger partial charge in [0.15, 0.2) is 11.6 Å². The third-order valence-electron chi connectivity index (χ3n) is 2.55. The van der Waals surface area contributed by atoms with Crippen LogP contribution < -0.4 is 10.1 Å². The molecule has 0 aromatic heterocycles. The van der Waals surface area contributed by atoms with Crippen LogP contribution >= 0.6 is 0 Å². The van der Waals surface area contributed by atoms with Gasteiger partial charge in [-0.3, -0.25) is 0 Å². The molecule has 18 heavy (non-hydrogen) atoms. The third kappa shape index (κ3) is 4.85. The van der Waals surface area contributed by atoms with Gasteiger partial charge in [0.25, 0.3) is 0 Å². The molecule has 0 saturated heterocycles. The summed E-state index contributed by atoms with van der Waals surface area (Å²) in [6.45, 7) is 1.08. The van der Waals surface area contributed by atoms with Crippen LogP contribution in [0.25, 0.3) is 0 Å². The lowest BCUT2D eigenvalue weighted by Gasteiger charge is -2.15. The predicted molar refractivity (Wildman–Crippen MR) is 65.6 cm³/mol. The minimum Gasteiger partial charge on any atom is -0.432 e. The summed E-state index contributed by atoms with van der Waals surface area (Å²) in [7, 11) is 0. The van der Waals surface area contributed by atoms with E-state index in [9.17, 15) is 13.2 Å². The second-order valence-electron chi connectivity index (χ2n) is 4.21. The number of hydrogen-bond donors (Lipinski definition) is 1. The summed E-state index contributed by atoms with van der Waals surface area (Å²) in [5, 5.41) is 3.11. The molecule has 0 saturated carbocycles. The van der Waals surface area contributed by atoms with Crippen LogP contribution in [-0.2, 0) is 0 Å². The quantitative estimate of drug-likeness (QED) is 0.784. The van der Waals surface area contributed by atoms with E-state index in [1.54, 1.807) is 0 Å². The summed E-state index contributed by atoms with van der Waals surface area (Å²) in [5.74, 6) is -1.22. The lowest BCUT2D eigenvalue weighted by molar-refractivity contribution is -0.0521.